The predicted octanol–water partition coefficient (Wildman–Crippen LogP) is 2.37. The van der Waals surface area contributed by atoms with E-state index in [0.717, 1.165) is 6.42 Å². The Balaban J connectivity index is 1.50. The lowest BCUT2D eigenvalue weighted by atomic mass is 9.71. The van der Waals surface area contributed by atoms with Gasteiger partial charge in [-0.15, -0.1) is 0 Å². The summed E-state index contributed by atoms with van der Waals surface area (Å²) in [6.07, 6.45) is 11.7. The third-order valence-electron chi connectivity index (χ3n) is 5.98. The molecule has 22 heavy (non-hydrogen) atoms. The van der Waals surface area contributed by atoms with E-state index in [9.17, 15) is 5.11 Å². The van der Waals surface area contributed by atoms with Crippen LogP contribution in [-0.4, -0.2) is 48.3 Å². The molecule has 3 fully saturated rings. The molecule has 6 atom stereocenters. The number of aliphatic hydroxyl groups is 1. The van der Waals surface area contributed by atoms with Crippen LogP contribution in [0.1, 0.15) is 39.0 Å². The molecule has 1 unspecified atom stereocenters. The molecule has 2 aliphatic carbocycles. The molecule has 122 valence electrons. The second-order valence-electron chi connectivity index (χ2n) is 7.37. The number of rotatable bonds is 4. The lowest BCUT2D eigenvalue weighted by Crippen LogP contribution is -2.52. The van der Waals surface area contributed by atoms with Gasteiger partial charge < -0.3 is 19.3 Å². The van der Waals surface area contributed by atoms with Crippen LogP contribution in [0.5, 0.6) is 0 Å². The number of allylic oxidation sites excluding steroid dienone is 1. The van der Waals surface area contributed by atoms with Gasteiger partial charge in [-0.3, -0.25) is 0 Å². The summed E-state index contributed by atoms with van der Waals surface area (Å²) in [5.41, 5.74) is 1.03. The molecule has 2 saturated heterocycles. The summed E-state index contributed by atoms with van der Waals surface area (Å²) in [4.78, 5) is 0. The molecule has 0 aromatic carbocycles. The smallest absolute Gasteiger partial charge is 0.118 e. The molecule has 0 aromatic heterocycles. The average Bonchev–Trinajstić information content (AvgIpc) is 3.35. The van der Waals surface area contributed by atoms with E-state index < -0.39 is 6.10 Å². The van der Waals surface area contributed by atoms with Crippen molar-refractivity contribution >= 4 is 0 Å². The van der Waals surface area contributed by atoms with Crippen LogP contribution in [0.15, 0.2) is 23.8 Å². The van der Waals surface area contributed by atoms with Gasteiger partial charge in [0.25, 0.3) is 0 Å². The van der Waals surface area contributed by atoms with Gasteiger partial charge in [0.15, 0.2) is 0 Å². The van der Waals surface area contributed by atoms with E-state index in [1.165, 1.54) is 25.7 Å². The molecule has 0 aromatic rings. The summed E-state index contributed by atoms with van der Waals surface area (Å²) in [7, 11) is 1.66. The van der Waals surface area contributed by atoms with Crippen molar-refractivity contribution in [3.8, 4) is 0 Å². The third kappa shape index (κ3) is 2.28. The van der Waals surface area contributed by atoms with Crippen molar-refractivity contribution in [3.63, 3.8) is 0 Å². The van der Waals surface area contributed by atoms with Crippen LogP contribution in [0.25, 0.3) is 0 Å². The second kappa shape index (κ2) is 5.17. The molecule has 0 radical (unpaired) electrons. The number of ether oxygens (including phenoxy) is 3. The highest BCUT2D eigenvalue weighted by Crippen LogP contribution is 2.57. The number of methoxy groups -OCH3 is 1. The molecular formula is C18H26O4. The van der Waals surface area contributed by atoms with Gasteiger partial charge in [-0.05, 0) is 39.0 Å². The average molecular weight is 306 g/mol. The van der Waals surface area contributed by atoms with Crippen molar-refractivity contribution < 1.29 is 19.3 Å². The fourth-order valence-electron chi connectivity index (χ4n) is 4.53. The molecule has 1 saturated carbocycles. The van der Waals surface area contributed by atoms with Gasteiger partial charge in [-0.25, -0.2) is 0 Å². The molecule has 4 heteroatoms. The number of hydrogen-bond donors (Lipinski definition) is 1. The minimum absolute atomic E-state index is 0.0528. The summed E-state index contributed by atoms with van der Waals surface area (Å²) in [5.74, 6) is 0.0528. The van der Waals surface area contributed by atoms with E-state index in [2.05, 4.69) is 13.0 Å². The Bertz CT molecular complexity index is 499. The van der Waals surface area contributed by atoms with Crippen molar-refractivity contribution in [1.82, 2.24) is 0 Å². The topological polar surface area (TPSA) is 54.5 Å². The highest BCUT2D eigenvalue weighted by Gasteiger charge is 2.70. The first-order chi connectivity index (χ1) is 10.6. The minimum Gasteiger partial charge on any atom is -0.386 e. The molecule has 4 aliphatic rings. The summed E-state index contributed by atoms with van der Waals surface area (Å²) < 4.78 is 17.5. The first kappa shape index (κ1) is 14.9. The molecule has 1 spiro atoms. The maximum atomic E-state index is 10.2. The van der Waals surface area contributed by atoms with Crippen molar-refractivity contribution in [1.29, 1.82) is 0 Å². The number of aliphatic hydroxyl groups excluding tert-OH is 1. The Hall–Kier alpha value is -0.680. The van der Waals surface area contributed by atoms with Gasteiger partial charge in [0.2, 0.25) is 0 Å². The lowest BCUT2D eigenvalue weighted by Gasteiger charge is -2.38. The highest BCUT2D eigenvalue weighted by atomic mass is 16.6. The zero-order valence-corrected chi connectivity index (χ0v) is 13.5. The van der Waals surface area contributed by atoms with Gasteiger partial charge >= 0.3 is 0 Å². The Labute approximate surface area is 132 Å². The SMILES string of the molecule is CO[C@@H]1[C@H](O)C=C[C@]2(CO2)[C@H]1C1(C)O[C@@H]1CC=C1CCCC1. The molecular weight excluding hydrogens is 280 g/mol. The van der Waals surface area contributed by atoms with E-state index in [1.54, 1.807) is 18.8 Å². The van der Waals surface area contributed by atoms with Crippen LogP contribution in [-0.2, 0) is 14.2 Å². The van der Waals surface area contributed by atoms with Gasteiger partial charge in [-0.2, -0.15) is 0 Å². The molecule has 1 N–H and O–H groups in total. The Kier molecular flexibility index (Phi) is 3.49. The van der Waals surface area contributed by atoms with Crippen LogP contribution in [0.4, 0.5) is 0 Å². The quantitative estimate of drug-likeness (QED) is 0.640. The van der Waals surface area contributed by atoms with Crippen molar-refractivity contribution in [2.45, 2.75) is 68.5 Å². The molecule has 0 amide bonds. The van der Waals surface area contributed by atoms with E-state index >= 15 is 0 Å². The first-order valence-corrected chi connectivity index (χ1v) is 8.49. The standard InChI is InChI=1S/C18H26O4/c1-17(14(22-17)8-7-12-5-3-4-6-12)16-15(20-2)13(19)9-10-18(16)11-21-18/h7,9-10,13-16,19H,3-6,8,11H2,1-2H3/t13-,14-,15-,16-,17?,18+/m1/s1. The summed E-state index contributed by atoms with van der Waals surface area (Å²) in [6.45, 7) is 2.85. The van der Waals surface area contributed by atoms with Crippen LogP contribution < -0.4 is 0 Å². The first-order valence-electron chi connectivity index (χ1n) is 8.49. The van der Waals surface area contributed by atoms with Gasteiger partial charge in [0.1, 0.15) is 11.2 Å². The van der Waals surface area contributed by atoms with E-state index in [1.807, 2.05) is 6.08 Å². The van der Waals surface area contributed by atoms with E-state index in [4.69, 9.17) is 14.2 Å². The van der Waals surface area contributed by atoms with Crippen molar-refractivity contribution in [2.75, 3.05) is 13.7 Å². The van der Waals surface area contributed by atoms with Crippen LogP contribution in [0, 0.1) is 5.92 Å². The van der Waals surface area contributed by atoms with Crippen LogP contribution in [0.3, 0.4) is 0 Å². The normalized spacial score (nSPS) is 49.7. The zero-order chi connectivity index (χ0) is 15.4. The maximum absolute atomic E-state index is 10.2. The lowest BCUT2D eigenvalue weighted by molar-refractivity contribution is -0.0717. The maximum Gasteiger partial charge on any atom is 0.118 e. The monoisotopic (exact) mass is 306 g/mol. The Morgan fingerprint density at radius 2 is 2.14 bits per heavy atom. The fraction of sp³-hybridized carbons (Fsp3) is 0.778. The van der Waals surface area contributed by atoms with Crippen LogP contribution in [0.2, 0.25) is 0 Å². The summed E-state index contributed by atoms with van der Waals surface area (Å²) in [5, 5.41) is 10.2. The third-order valence-corrected chi connectivity index (χ3v) is 5.98. The fourth-order valence-corrected chi connectivity index (χ4v) is 4.53. The summed E-state index contributed by atoms with van der Waals surface area (Å²) in [6, 6.07) is 0. The van der Waals surface area contributed by atoms with E-state index in [0.29, 0.717) is 6.61 Å². The molecule has 4 rings (SSSR count). The molecule has 2 heterocycles. The zero-order valence-electron chi connectivity index (χ0n) is 13.5. The van der Waals surface area contributed by atoms with Gasteiger partial charge in [-0.1, -0.05) is 23.8 Å². The molecule has 0 bridgehead atoms. The molecule has 4 nitrogen and oxygen atoms in total. The number of hydrogen-bond acceptors (Lipinski definition) is 4. The minimum atomic E-state index is -0.584. The van der Waals surface area contributed by atoms with Gasteiger partial charge in [0.05, 0.1) is 30.8 Å². The Morgan fingerprint density at radius 3 is 2.77 bits per heavy atom. The van der Waals surface area contributed by atoms with Crippen molar-refractivity contribution in [3.05, 3.63) is 23.8 Å². The highest BCUT2D eigenvalue weighted by molar-refractivity contribution is 5.29. The molecule has 2 aliphatic heterocycles. The van der Waals surface area contributed by atoms with Crippen LogP contribution >= 0.6 is 0 Å². The van der Waals surface area contributed by atoms with Gasteiger partial charge in [0, 0.05) is 7.11 Å². The number of epoxide rings is 2. The Morgan fingerprint density at radius 1 is 1.41 bits per heavy atom. The van der Waals surface area contributed by atoms with E-state index in [-0.39, 0.29) is 29.3 Å². The second-order valence-corrected chi connectivity index (χ2v) is 7.37. The van der Waals surface area contributed by atoms with Crippen molar-refractivity contribution in [2.24, 2.45) is 5.92 Å². The predicted molar refractivity (Wildman–Crippen MR) is 82.6 cm³/mol. The largest absolute Gasteiger partial charge is 0.386 e. The summed E-state index contributed by atoms with van der Waals surface area (Å²) >= 11 is 0.